The molecule has 0 aliphatic carbocycles. The first-order valence-electron chi connectivity index (χ1n) is 6.96. The SMILES string of the molecule is CC(C)N1CCN(c2ccccc2C(=O)CCN)C1=O. The van der Waals surface area contributed by atoms with Crippen LogP contribution >= 0.6 is 0 Å². The standard InChI is InChI=1S/C15H21N3O2/c1-11(2)17-9-10-18(15(17)20)13-6-4-3-5-12(13)14(19)7-8-16/h3-6,11H,7-10,16H2,1-2H3. The van der Waals surface area contributed by atoms with Gasteiger partial charge in [0, 0.05) is 31.1 Å². The van der Waals surface area contributed by atoms with Crippen LogP contribution in [0.25, 0.3) is 0 Å². The fourth-order valence-corrected chi connectivity index (χ4v) is 2.47. The van der Waals surface area contributed by atoms with Gasteiger partial charge in [-0.1, -0.05) is 12.1 Å². The van der Waals surface area contributed by atoms with Gasteiger partial charge in [-0.15, -0.1) is 0 Å². The van der Waals surface area contributed by atoms with Crippen LogP contribution in [0.3, 0.4) is 0 Å². The Balaban J connectivity index is 2.30. The highest BCUT2D eigenvalue weighted by molar-refractivity contribution is 6.06. The van der Waals surface area contributed by atoms with Gasteiger partial charge in [-0.05, 0) is 32.5 Å². The van der Waals surface area contributed by atoms with E-state index in [2.05, 4.69) is 0 Å². The second-order valence-corrected chi connectivity index (χ2v) is 5.20. The van der Waals surface area contributed by atoms with E-state index < -0.39 is 0 Å². The van der Waals surface area contributed by atoms with Gasteiger partial charge in [-0.3, -0.25) is 9.69 Å². The Kier molecular flexibility index (Phi) is 4.39. The summed E-state index contributed by atoms with van der Waals surface area (Å²) < 4.78 is 0. The molecule has 5 nitrogen and oxygen atoms in total. The predicted molar refractivity (Wildman–Crippen MR) is 79.0 cm³/mol. The Labute approximate surface area is 119 Å². The predicted octanol–water partition coefficient (Wildman–Crippen LogP) is 1.87. The lowest BCUT2D eigenvalue weighted by molar-refractivity contribution is 0.0986. The minimum Gasteiger partial charge on any atom is -0.330 e. The zero-order valence-corrected chi connectivity index (χ0v) is 12.0. The van der Waals surface area contributed by atoms with Crippen molar-refractivity contribution in [3.8, 4) is 0 Å². The Morgan fingerprint density at radius 2 is 2.00 bits per heavy atom. The summed E-state index contributed by atoms with van der Waals surface area (Å²) in [5.74, 6) is -0.0149. The summed E-state index contributed by atoms with van der Waals surface area (Å²) in [4.78, 5) is 28.0. The number of Topliss-reactive ketones (excluding diaryl/α,β-unsaturated/α-hetero) is 1. The summed E-state index contributed by atoms with van der Waals surface area (Å²) in [6, 6.07) is 7.38. The molecule has 0 aromatic heterocycles. The molecule has 1 aromatic rings. The first-order chi connectivity index (χ1) is 9.56. The zero-order chi connectivity index (χ0) is 14.7. The molecule has 1 fully saturated rings. The summed E-state index contributed by atoms with van der Waals surface area (Å²) in [7, 11) is 0. The number of nitrogens with zero attached hydrogens (tertiary/aromatic N) is 2. The first kappa shape index (κ1) is 14.5. The molecule has 2 amide bonds. The number of amides is 2. The number of anilines is 1. The summed E-state index contributed by atoms with van der Waals surface area (Å²) in [5.41, 5.74) is 6.72. The molecule has 1 aliphatic heterocycles. The molecule has 1 saturated heterocycles. The molecule has 0 saturated carbocycles. The number of carbonyl (C=O) groups excluding carboxylic acids is 2. The van der Waals surface area contributed by atoms with Crippen LogP contribution in [0.1, 0.15) is 30.6 Å². The van der Waals surface area contributed by atoms with Crippen molar-refractivity contribution in [3.63, 3.8) is 0 Å². The van der Waals surface area contributed by atoms with Crippen molar-refractivity contribution in [1.82, 2.24) is 4.90 Å². The third kappa shape index (κ3) is 2.67. The molecule has 2 N–H and O–H groups in total. The first-order valence-corrected chi connectivity index (χ1v) is 6.96. The number of urea groups is 1. The topological polar surface area (TPSA) is 66.6 Å². The molecule has 20 heavy (non-hydrogen) atoms. The van der Waals surface area contributed by atoms with E-state index in [0.717, 1.165) is 0 Å². The quantitative estimate of drug-likeness (QED) is 0.834. The largest absolute Gasteiger partial charge is 0.330 e. The number of benzene rings is 1. The van der Waals surface area contributed by atoms with Crippen LogP contribution in [0, 0.1) is 0 Å². The van der Waals surface area contributed by atoms with Gasteiger partial charge in [0.15, 0.2) is 5.78 Å². The van der Waals surface area contributed by atoms with Gasteiger partial charge in [0.05, 0.1) is 5.69 Å². The molecule has 0 atom stereocenters. The van der Waals surface area contributed by atoms with Crippen molar-refractivity contribution in [2.75, 3.05) is 24.5 Å². The van der Waals surface area contributed by atoms with Gasteiger partial charge < -0.3 is 10.6 Å². The lowest BCUT2D eigenvalue weighted by Crippen LogP contribution is -2.36. The van der Waals surface area contributed by atoms with E-state index in [9.17, 15) is 9.59 Å². The van der Waals surface area contributed by atoms with E-state index in [4.69, 9.17) is 5.73 Å². The third-order valence-electron chi connectivity index (χ3n) is 3.53. The number of para-hydroxylation sites is 1. The normalized spacial score (nSPS) is 15.3. The van der Waals surface area contributed by atoms with E-state index in [0.29, 0.717) is 37.3 Å². The minimum atomic E-state index is -0.0343. The highest BCUT2D eigenvalue weighted by Crippen LogP contribution is 2.26. The molecule has 0 radical (unpaired) electrons. The van der Waals surface area contributed by atoms with Crippen molar-refractivity contribution < 1.29 is 9.59 Å². The fourth-order valence-electron chi connectivity index (χ4n) is 2.47. The zero-order valence-electron chi connectivity index (χ0n) is 12.0. The summed E-state index contributed by atoms with van der Waals surface area (Å²) in [5, 5.41) is 0. The van der Waals surface area contributed by atoms with Crippen LogP contribution in [0.2, 0.25) is 0 Å². The van der Waals surface area contributed by atoms with Crippen molar-refractivity contribution in [3.05, 3.63) is 29.8 Å². The summed E-state index contributed by atoms with van der Waals surface area (Å²) in [6.07, 6.45) is 0.299. The molecular weight excluding hydrogens is 254 g/mol. The lowest BCUT2D eigenvalue weighted by atomic mass is 10.1. The van der Waals surface area contributed by atoms with Crippen molar-refractivity contribution >= 4 is 17.5 Å². The highest BCUT2D eigenvalue weighted by Gasteiger charge is 2.32. The maximum atomic E-state index is 12.4. The average Bonchev–Trinajstić information content (AvgIpc) is 2.81. The van der Waals surface area contributed by atoms with E-state index in [1.54, 1.807) is 11.0 Å². The molecule has 0 spiro atoms. The van der Waals surface area contributed by atoms with Crippen LogP contribution in [-0.4, -0.2) is 42.4 Å². The molecule has 1 aromatic carbocycles. The Hall–Kier alpha value is -1.88. The van der Waals surface area contributed by atoms with Crippen molar-refractivity contribution in [2.24, 2.45) is 5.73 Å². The minimum absolute atomic E-state index is 0.0149. The van der Waals surface area contributed by atoms with Gasteiger partial charge in [-0.25, -0.2) is 4.79 Å². The third-order valence-corrected chi connectivity index (χ3v) is 3.53. The van der Waals surface area contributed by atoms with Crippen LogP contribution in [-0.2, 0) is 0 Å². The smallest absolute Gasteiger partial charge is 0.324 e. The second-order valence-electron chi connectivity index (χ2n) is 5.20. The fraction of sp³-hybridized carbons (Fsp3) is 0.467. The Morgan fingerprint density at radius 1 is 1.30 bits per heavy atom. The number of hydrogen-bond donors (Lipinski definition) is 1. The second kappa shape index (κ2) is 6.05. The maximum Gasteiger partial charge on any atom is 0.324 e. The lowest BCUT2D eigenvalue weighted by Gasteiger charge is -2.23. The number of carbonyl (C=O) groups is 2. The number of hydrogen-bond acceptors (Lipinski definition) is 3. The van der Waals surface area contributed by atoms with E-state index in [1.165, 1.54) is 0 Å². The molecule has 1 heterocycles. The monoisotopic (exact) mass is 275 g/mol. The molecule has 1 aliphatic rings. The number of ketones is 1. The van der Waals surface area contributed by atoms with E-state index in [-0.39, 0.29) is 17.9 Å². The van der Waals surface area contributed by atoms with E-state index >= 15 is 0 Å². The van der Waals surface area contributed by atoms with Gasteiger partial charge in [0.1, 0.15) is 0 Å². The van der Waals surface area contributed by atoms with Crippen LogP contribution in [0.15, 0.2) is 24.3 Å². The molecular formula is C15H21N3O2. The average molecular weight is 275 g/mol. The highest BCUT2D eigenvalue weighted by atomic mass is 16.2. The molecule has 2 rings (SSSR count). The van der Waals surface area contributed by atoms with Gasteiger partial charge in [0.2, 0.25) is 0 Å². The molecule has 108 valence electrons. The van der Waals surface area contributed by atoms with Gasteiger partial charge >= 0.3 is 6.03 Å². The summed E-state index contributed by atoms with van der Waals surface area (Å²) in [6.45, 7) is 5.61. The van der Waals surface area contributed by atoms with E-state index in [1.807, 2.05) is 36.9 Å². The molecule has 0 unspecified atom stereocenters. The van der Waals surface area contributed by atoms with Gasteiger partial charge in [-0.2, -0.15) is 0 Å². The maximum absolute atomic E-state index is 12.4. The molecule has 0 bridgehead atoms. The van der Waals surface area contributed by atoms with Crippen LogP contribution < -0.4 is 10.6 Å². The number of rotatable bonds is 5. The Bertz CT molecular complexity index is 514. The van der Waals surface area contributed by atoms with Crippen molar-refractivity contribution in [1.29, 1.82) is 0 Å². The van der Waals surface area contributed by atoms with Crippen LogP contribution in [0.5, 0.6) is 0 Å². The summed E-state index contributed by atoms with van der Waals surface area (Å²) >= 11 is 0. The van der Waals surface area contributed by atoms with Gasteiger partial charge in [0.25, 0.3) is 0 Å². The van der Waals surface area contributed by atoms with Crippen LogP contribution in [0.4, 0.5) is 10.5 Å². The Morgan fingerprint density at radius 3 is 2.60 bits per heavy atom. The molecule has 5 heteroatoms. The number of nitrogens with two attached hydrogens (primary N) is 1. The van der Waals surface area contributed by atoms with Crippen molar-refractivity contribution in [2.45, 2.75) is 26.3 Å².